The molecule has 1 aliphatic heterocycles. The molecule has 0 bridgehead atoms. The van der Waals surface area contributed by atoms with Gasteiger partial charge in [0.2, 0.25) is 0 Å². The molecule has 0 saturated carbocycles. The summed E-state index contributed by atoms with van der Waals surface area (Å²) in [6.07, 6.45) is 1.13. The summed E-state index contributed by atoms with van der Waals surface area (Å²) in [4.78, 5) is 0. The number of benzene rings is 1. The van der Waals surface area contributed by atoms with Crippen molar-refractivity contribution in [2.45, 2.75) is 39.1 Å². The summed E-state index contributed by atoms with van der Waals surface area (Å²) >= 11 is 0. The number of ether oxygens (including phenoxy) is 2. The molecular weight excluding hydrogens is 188 g/mol. The Labute approximate surface area is 91.2 Å². The molecule has 15 heavy (non-hydrogen) atoms. The lowest BCUT2D eigenvalue weighted by Gasteiger charge is -2.17. The smallest absolute Gasteiger partial charge is 0.163 e. The van der Waals surface area contributed by atoms with Crippen molar-refractivity contribution in [1.29, 1.82) is 0 Å². The fraction of sp³-hybridized carbons (Fsp3) is 0.538. The van der Waals surface area contributed by atoms with E-state index in [4.69, 9.17) is 9.47 Å². The van der Waals surface area contributed by atoms with Crippen molar-refractivity contribution < 1.29 is 9.47 Å². The molecule has 1 aromatic rings. The molecule has 82 valence electrons. The summed E-state index contributed by atoms with van der Waals surface area (Å²) in [7, 11) is 0. The molecule has 0 amide bonds. The summed E-state index contributed by atoms with van der Waals surface area (Å²) < 4.78 is 11.3. The second-order valence-electron chi connectivity index (χ2n) is 4.64. The third kappa shape index (κ3) is 2.80. The Morgan fingerprint density at radius 3 is 2.47 bits per heavy atom. The molecular formula is C13H18O2. The van der Waals surface area contributed by atoms with Gasteiger partial charge in [0.1, 0.15) is 0 Å². The molecule has 0 spiro atoms. The van der Waals surface area contributed by atoms with Crippen LogP contribution >= 0.6 is 0 Å². The largest absolute Gasteiger partial charge is 0.348 e. The van der Waals surface area contributed by atoms with Crippen molar-refractivity contribution in [1.82, 2.24) is 0 Å². The van der Waals surface area contributed by atoms with Crippen molar-refractivity contribution in [2.75, 3.05) is 6.61 Å². The van der Waals surface area contributed by atoms with Gasteiger partial charge >= 0.3 is 0 Å². The molecule has 1 fully saturated rings. The second kappa shape index (κ2) is 3.95. The molecule has 0 aliphatic carbocycles. The van der Waals surface area contributed by atoms with Gasteiger partial charge in [-0.3, -0.25) is 0 Å². The molecule has 0 N–H and O–H groups in total. The van der Waals surface area contributed by atoms with Crippen LogP contribution in [0, 0.1) is 6.92 Å². The van der Waals surface area contributed by atoms with E-state index in [9.17, 15) is 0 Å². The van der Waals surface area contributed by atoms with Gasteiger partial charge in [0.15, 0.2) is 5.79 Å². The monoisotopic (exact) mass is 206 g/mol. The van der Waals surface area contributed by atoms with Crippen LogP contribution in [0.25, 0.3) is 0 Å². The number of rotatable bonds is 2. The summed E-state index contributed by atoms with van der Waals surface area (Å²) in [6.45, 7) is 6.72. The first-order valence-corrected chi connectivity index (χ1v) is 5.42. The van der Waals surface area contributed by atoms with E-state index in [2.05, 4.69) is 31.2 Å². The topological polar surface area (TPSA) is 18.5 Å². The van der Waals surface area contributed by atoms with Gasteiger partial charge in [-0.2, -0.15) is 0 Å². The highest BCUT2D eigenvalue weighted by Gasteiger charge is 2.32. The summed E-state index contributed by atoms with van der Waals surface area (Å²) in [6, 6.07) is 8.58. The molecule has 0 radical (unpaired) electrons. The highest BCUT2D eigenvalue weighted by Crippen LogP contribution is 2.24. The first-order chi connectivity index (χ1) is 7.05. The van der Waals surface area contributed by atoms with Gasteiger partial charge in [-0.1, -0.05) is 29.8 Å². The maximum absolute atomic E-state index is 5.76. The van der Waals surface area contributed by atoms with E-state index in [0.29, 0.717) is 6.61 Å². The Balaban J connectivity index is 1.96. The zero-order chi connectivity index (χ0) is 10.9. The summed E-state index contributed by atoms with van der Waals surface area (Å²) in [5, 5.41) is 0. The third-order valence-electron chi connectivity index (χ3n) is 2.65. The van der Waals surface area contributed by atoms with Gasteiger partial charge in [0.05, 0.1) is 12.7 Å². The highest BCUT2D eigenvalue weighted by molar-refractivity contribution is 5.21. The van der Waals surface area contributed by atoms with E-state index in [1.807, 2.05) is 13.8 Å². The van der Waals surface area contributed by atoms with Crippen molar-refractivity contribution in [3.05, 3.63) is 35.4 Å². The van der Waals surface area contributed by atoms with Crippen molar-refractivity contribution >= 4 is 0 Å². The van der Waals surface area contributed by atoms with Crippen LogP contribution in [0.2, 0.25) is 0 Å². The lowest BCUT2D eigenvalue weighted by atomic mass is 10.1. The fourth-order valence-electron chi connectivity index (χ4n) is 1.85. The van der Waals surface area contributed by atoms with Crippen molar-refractivity contribution in [2.24, 2.45) is 0 Å². The van der Waals surface area contributed by atoms with Crippen molar-refractivity contribution in [3.63, 3.8) is 0 Å². The zero-order valence-corrected chi connectivity index (χ0v) is 9.62. The second-order valence-corrected chi connectivity index (χ2v) is 4.64. The average molecular weight is 206 g/mol. The van der Waals surface area contributed by atoms with Crippen molar-refractivity contribution in [3.8, 4) is 0 Å². The average Bonchev–Trinajstić information content (AvgIpc) is 2.50. The van der Waals surface area contributed by atoms with Crippen LogP contribution in [-0.4, -0.2) is 18.5 Å². The zero-order valence-electron chi connectivity index (χ0n) is 9.62. The minimum Gasteiger partial charge on any atom is -0.348 e. The Hall–Kier alpha value is -0.860. The molecule has 1 atom stereocenters. The Morgan fingerprint density at radius 1 is 1.27 bits per heavy atom. The van der Waals surface area contributed by atoms with Crippen LogP contribution < -0.4 is 0 Å². The normalized spacial score (nSPS) is 24.3. The van der Waals surface area contributed by atoms with Gasteiger partial charge < -0.3 is 9.47 Å². The van der Waals surface area contributed by atoms with E-state index in [-0.39, 0.29) is 6.10 Å². The van der Waals surface area contributed by atoms with E-state index in [1.165, 1.54) is 11.1 Å². The van der Waals surface area contributed by atoms with Gasteiger partial charge in [0.25, 0.3) is 0 Å². The van der Waals surface area contributed by atoms with Crippen LogP contribution in [0.4, 0.5) is 0 Å². The third-order valence-corrected chi connectivity index (χ3v) is 2.65. The minimum absolute atomic E-state index is 0.197. The van der Waals surface area contributed by atoms with Gasteiger partial charge in [-0.15, -0.1) is 0 Å². The Kier molecular flexibility index (Phi) is 2.81. The number of aryl methyl sites for hydroxylation is 1. The quantitative estimate of drug-likeness (QED) is 0.740. The summed E-state index contributed by atoms with van der Waals surface area (Å²) in [5.74, 6) is -0.407. The lowest BCUT2D eigenvalue weighted by molar-refractivity contribution is -0.138. The number of hydrogen-bond acceptors (Lipinski definition) is 2. The Morgan fingerprint density at radius 2 is 1.93 bits per heavy atom. The molecule has 1 aliphatic rings. The molecule has 1 unspecified atom stereocenters. The summed E-state index contributed by atoms with van der Waals surface area (Å²) in [5.41, 5.74) is 2.61. The Bertz CT molecular complexity index is 327. The van der Waals surface area contributed by atoms with Crippen LogP contribution in [0.5, 0.6) is 0 Å². The number of hydrogen-bond donors (Lipinski definition) is 0. The SMILES string of the molecule is Cc1ccc(CC2COC(C)(C)O2)cc1. The first kappa shape index (κ1) is 10.7. The highest BCUT2D eigenvalue weighted by atomic mass is 16.7. The maximum atomic E-state index is 5.76. The van der Waals surface area contributed by atoms with Crippen LogP contribution in [0.3, 0.4) is 0 Å². The van der Waals surface area contributed by atoms with E-state index in [1.54, 1.807) is 0 Å². The lowest BCUT2D eigenvalue weighted by Crippen LogP contribution is -2.22. The van der Waals surface area contributed by atoms with Crippen LogP contribution in [0.15, 0.2) is 24.3 Å². The molecule has 2 rings (SSSR count). The molecule has 2 nitrogen and oxygen atoms in total. The van der Waals surface area contributed by atoms with E-state index >= 15 is 0 Å². The fourth-order valence-corrected chi connectivity index (χ4v) is 1.85. The molecule has 0 aromatic heterocycles. The molecule has 1 aromatic carbocycles. The van der Waals surface area contributed by atoms with E-state index < -0.39 is 5.79 Å². The van der Waals surface area contributed by atoms with Gasteiger partial charge in [-0.25, -0.2) is 0 Å². The maximum Gasteiger partial charge on any atom is 0.163 e. The minimum atomic E-state index is -0.407. The van der Waals surface area contributed by atoms with Gasteiger partial charge in [-0.05, 0) is 26.3 Å². The van der Waals surface area contributed by atoms with Crippen LogP contribution in [0.1, 0.15) is 25.0 Å². The molecule has 1 heterocycles. The first-order valence-electron chi connectivity index (χ1n) is 5.42. The molecule has 2 heteroatoms. The predicted molar refractivity (Wildman–Crippen MR) is 59.8 cm³/mol. The van der Waals surface area contributed by atoms with Gasteiger partial charge in [0, 0.05) is 6.42 Å². The van der Waals surface area contributed by atoms with E-state index in [0.717, 1.165) is 6.42 Å². The van der Waals surface area contributed by atoms with Crippen LogP contribution in [-0.2, 0) is 15.9 Å². The predicted octanol–water partition coefficient (Wildman–Crippen LogP) is 2.69. The molecule has 1 saturated heterocycles. The standard InChI is InChI=1S/C13H18O2/c1-10-4-6-11(7-5-10)8-12-9-14-13(2,3)15-12/h4-7,12H,8-9H2,1-3H3.